The van der Waals surface area contributed by atoms with Crippen LogP contribution in [-0.2, 0) is 0 Å². The van der Waals surface area contributed by atoms with Gasteiger partial charge in [-0.05, 0) is 36.6 Å². The highest BCUT2D eigenvalue weighted by atomic mass is 16.2. The Bertz CT molecular complexity index is 1130. The standard InChI is InChI=1S/C24H27N5O2/c1-15(2)13-27-23(30)19-12-21(28-20-8-4-3-6-17(19)20)16-9-11-29(14-16)24(31)18-7-5-10-26-22(18)25/h3-8,10,12,15-16H,9,11,13-14H2,1-2H3,(H2,25,26)(H,27,30)/t16-/m1/s1. The molecule has 1 aliphatic rings. The second-order valence-corrected chi connectivity index (χ2v) is 8.39. The van der Waals surface area contributed by atoms with Gasteiger partial charge < -0.3 is 16.0 Å². The number of hydrogen-bond acceptors (Lipinski definition) is 5. The highest BCUT2D eigenvalue weighted by Crippen LogP contribution is 2.30. The predicted molar refractivity (Wildman–Crippen MR) is 121 cm³/mol. The molecule has 1 fully saturated rings. The van der Waals surface area contributed by atoms with Gasteiger partial charge in [-0.25, -0.2) is 4.98 Å². The number of hydrogen-bond donors (Lipinski definition) is 2. The van der Waals surface area contributed by atoms with Crippen molar-refractivity contribution in [1.82, 2.24) is 20.2 Å². The molecule has 0 spiro atoms. The summed E-state index contributed by atoms with van der Waals surface area (Å²) in [6.07, 6.45) is 2.36. The van der Waals surface area contributed by atoms with E-state index < -0.39 is 0 Å². The number of amides is 2. The second-order valence-electron chi connectivity index (χ2n) is 8.39. The van der Waals surface area contributed by atoms with E-state index >= 15 is 0 Å². The minimum atomic E-state index is -0.121. The monoisotopic (exact) mass is 417 g/mol. The maximum atomic E-state index is 12.9. The molecule has 1 atom stereocenters. The fourth-order valence-corrected chi connectivity index (χ4v) is 3.94. The van der Waals surface area contributed by atoms with Gasteiger partial charge >= 0.3 is 0 Å². The number of para-hydroxylation sites is 1. The van der Waals surface area contributed by atoms with Crippen LogP contribution in [0.4, 0.5) is 5.82 Å². The Labute approximate surface area is 181 Å². The zero-order valence-corrected chi connectivity index (χ0v) is 17.8. The Morgan fingerprint density at radius 1 is 1.19 bits per heavy atom. The van der Waals surface area contributed by atoms with Gasteiger partial charge in [0, 0.05) is 42.8 Å². The number of nitrogen functional groups attached to an aromatic ring is 1. The summed E-state index contributed by atoms with van der Waals surface area (Å²) in [5.74, 6) is 0.448. The van der Waals surface area contributed by atoms with Gasteiger partial charge in [-0.1, -0.05) is 32.0 Å². The molecule has 31 heavy (non-hydrogen) atoms. The Hall–Kier alpha value is -3.48. The minimum Gasteiger partial charge on any atom is -0.383 e. The third-order valence-electron chi connectivity index (χ3n) is 5.61. The molecule has 1 saturated heterocycles. The summed E-state index contributed by atoms with van der Waals surface area (Å²) in [6.45, 7) is 5.89. The molecule has 1 aromatic carbocycles. The molecule has 0 bridgehead atoms. The lowest BCUT2D eigenvalue weighted by Crippen LogP contribution is -2.29. The van der Waals surface area contributed by atoms with E-state index in [2.05, 4.69) is 24.1 Å². The van der Waals surface area contributed by atoms with Crippen molar-refractivity contribution in [2.45, 2.75) is 26.2 Å². The van der Waals surface area contributed by atoms with Crippen molar-refractivity contribution in [2.24, 2.45) is 5.92 Å². The van der Waals surface area contributed by atoms with Gasteiger partial charge in [-0.2, -0.15) is 0 Å². The number of rotatable bonds is 5. The molecule has 3 aromatic rings. The van der Waals surface area contributed by atoms with Crippen molar-refractivity contribution in [2.75, 3.05) is 25.4 Å². The number of carbonyl (C=O) groups is 2. The molecule has 2 aromatic heterocycles. The molecule has 3 N–H and O–H groups in total. The second kappa shape index (κ2) is 8.71. The molecule has 2 amide bonds. The smallest absolute Gasteiger partial charge is 0.257 e. The van der Waals surface area contributed by atoms with E-state index in [0.29, 0.717) is 36.7 Å². The summed E-state index contributed by atoms with van der Waals surface area (Å²) >= 11 is 0. The molecule has 0 saturated carbocycles. The zero-order chi connectivity index (χ0) is 22.0. The minimum absolute atomic E-state index is 0.0584. The summed E-state index contributed by atoms with van der Waals surface area (Å²) in [4.78, 5) is 36.4. The Morgan fingerprint density at radius 3 is 2.77 bits per heavy atom. The van der Waals surface area contributed by atoms with Crippen LogP contribution in [-0.4, -0.2) is 46.3 Å². The third-order valence-corrected chi connectivity index (χ3v) is 5.61. The first-order chi connectivity index (χ1) is 14.9. The molecule has 7 heteroatoms. The number of nitrogens with one attached hydrogen (secondary N) is 1. The van der Waals surface area contributed by atoms with E-state index in [9.17, 15) is 9.59 Å². The van der Waals surface area contributed by atoms with Crippen LogP contribution in [0.1, 0.15) is 52.6 Å². The highest BCUT2D eigenvalue weighted by Gasteiger charge is 2.30. The summed E-state index contributed by atoms with van der Waals surface area (Å²) in [5.41, 5.74) is 8.56. The van der Waals surface area contributed by atoms with Crippen molar-refractivity contribution >= 4 is 28.5 Å². The van der Waals surface area contributed by atoms with Gasteiger partial charge in [0.25, 0.3) is 11.8 Å². The normalized spacial score (nSPS) is 16.1. The average Bonchev–Trinajstić information content (AvgIpc) is 3.27. The number of likely N-dealkylation sites (tertiary alicyclic amines) is 1. The van der Waals surface area contributed by atoms with Crippen molar-refractivity contribution in [3.05, 3.63) is 65.5 Å². The maximum Gasteiger partial charge on any atom is 0.257 e. The van der Waals surface area contributed by atoms with Crippen LogP contribution in [0, 0.1) is 5.92 Å². The predicted octanol–water partition coefficient (Wildman–Crippen LogP) is 3.23. The summed E-state index contributed by atoms with van der Waals surface area (Å²) < 4.78 is 0. The first-order valence-corrected chi connectivity index (χ1v) is 10.6. The van der Waals surface area contributed by atoms with Gasteiger partial charge in [0.05, 0.1) is 16.6 Å². The fourth-order valence-electron chi connectivity index (χ4n) is 3.94. The lowest BCUT2D eigenvalue weighted by atomic mass is 9.99. The molecule has 4 rings (SSSR count). The van der Waals surface area contributed by atoms with Crippen LogP contribution in [0.2, 0.25) is 0 Å². The molecule has 3 heterocycles. The van der Waals surface area contributed by atoms with Gasteiger partial charge in [-0.15, -0.1) is 0 Å². The van der Waals surface area contributed by atoms with E-state index in [0.717, 1.165) is 23.0 Å². The molecule has 0 unspecified atom stereocenters. The molecular formula is C24H27N5O2. The van der Waals surface area contributed by atoms with Crippen LogP contribution in [0.25, 0.3) is 10.9 Å². The number of nitrogens with two attached hydrogens (primary N) is 1. The summed E-state index contributed by atoms with van der Waals surface area (Å²) in [5, 5.41) is 3.85. The van der Waals surface area contributed by atoms with E-state index in [4.69, 9.17) is 10.7 Å². The lowest BCUT2D eigenvalue weighted by Gasteiger charge is -2.18. The molecule has 7 nitrogen and oxygen atoms in total. The van der Waals surface area contributed by atoms with Gasteiger partial charge in [0.1, 0.15) is 5.82 Å². The third kappa shape index (κ3) is 4.35. The fraction of sp³-hybridized carbons (Fsp3) is 0.333. The van der Waals surface area contributed by atoms with E-state index in [-0.39, 0.29) is 23.6 Å². The zero-order valence-electron chi connectivity index (χ0n) is 17.8. The first kappa shape index (κ1) is 20.8. The lowest BCUT2D eigenvalue weighted by molar-refractivity contribution is 0.0791. The molecule has 0 radical (unpaired) electrons. The van der Waals surface area contributed by atoms with Crippen LogP contribution in [0.15, 0.2) is 48.7 Å². The Morgan fingerprint density at radius 2 is 2.00 bits per heavy atom. The van der Waals surface area contributed by atoms with Gasteiger partial charge in [0.2, 0.25) is 0 Å². The first-order valence-electron chi connectivity index (χ1n) is 10.6. The maximum absolute atomic E-state index is 12.9. The van der Waals surface area contributed by atoms with Crippen molar-refractivity contribution in [3.8, 4) is 0 Å². The van der Waals surface area contributed by atoms with Crippen molar-refractivity contribution < 1.29 is 9.59 Å². The van der Waals surface area contributed by atoms with E-state index in [1.165, 1.54) is 0 Å². The Balaban J connectivity index is 1.60. The molecule has 0 aliphatic carbocycles. The average molecular weight is 418 g/mol. The quantitative estimate of drug-likeness (QED) is 0.664. The number of pyridine rings is 2. The number of anilines is 1. The number of nitrogens with zero attached hydrogens (tertiary/aromatic N) is 3. The molecule has 160 valence electrons. The highest BCUT2D eigenvalue weighted by molar-refractivity contribution is 6.06. The molecule has 1 aliphatic heterocycles. The summed E-state index contributed by atoms with van der Waals surface area (Å²) in [6, 6.07) is 13.0. The largest absolute Gasteiger partial charge is 0.383 e. The van der Waals surface area contributed by atoms with Crippen LogP contribution >= 0.6 is 0 Å². The van der Waals surface area contributed by atoms with E-state index in [1.807, 2.05) is 30.3 Å². The van der Waals surface area contributed by atoms with E-state index in [1.54, 1.807) is 23.2 Å². The van der Waals surface area contributed by atoms with Crippen LogP contribution < -0.4 is 11.1 Å². The number of aromatic nitrogens is 2. The van der Waals surface area contributed by atoms with Crippen molar-refractivity contribution in [1.29, 1.82) is 0 Å². The number of benzene rings is 1. The number of carbonyl (C=O) groups excluding carboxylic acids is 2. The summed E-state index contributed by atoms with van der Waals surface area (Å²) in [7, 11) is 0. The van der Waals surface area contributed by atoms with Crippen molar-refractivity contribution in [3.63, 3.8) is 0 Å². The SMILES string of the molecule is CC(C)CNC(=O)c1cc([C@@H]2CCN(C(=O)c3cccnc3N)C2)nc2ccccc12. The Kier molecular flexibility index (Phi) is 5.84. The molecular weight excluding hydrogens is 390 g/mol. The van der Waals surface area contributed by atoms with Gasteiger partial charge in [0.15, 0.2) is 0 Å². The number of fused-ring (bicyclic) bond motifs is 1. The van der Waals surface area contributed by atoms with Crippen LogP contribution in [0.3, 0.4) is 0 Å². The van der Waals surface area contributed by atoms with Gasteiger partial charge in [-0.3, -0.25) is 14.6 Å². The van der Waals surface area contributed by atoms with Crippen LogP contribution in [0.5, 0.6) is 0 Å². The topological polar surface area (TPSA) is 101 Å².